The van der Waals surface area contributed by atoms with Gasteiger partial charge in [-0.25, -0.2) is 9.97 Å². The first-order valence-electron chi connectivity index (χ1n) is 7.46. The summed E-state index contributed by atoms with van der Waals surface area (Å²) >= 11 is 0. The molecular formula is C15H16N6O. The first-order valence-corrected chi connectivity index (χ1v) is 7.46. The molecule has 2 N–H and O–H groups in total. The second-order valence-corrected chi connectivity index (χ2v) is 5.43. The number of para-hydroxylation sites is 1. The number of hydrogen-bond acceptors (Lipinski definition) is 5. The minimum absolute atomic E-state index is 0.0146. The SMILES string of the molecule is O=C1NCCCC[C@@H]1Nc1nc2ccccc2c2ncnn12. The van der Waals surface area contributed by atoms with Crippen LogP contribution >= 0.6 is 0 Å². The van der Waals surface area contributed by atoms with Crippen molar-refractivity contribution in [2.75, 3.05) is 11.9 Å². The summed E-state index contributed by atoms with van der Waals surface area (Å²) in [5.41, 5.74) is 1.57. The first-order chi connectivity index (χ1) is 10.8. The molecule has 1 amide bonds. The molecular weight excluding hydrogens is 280 g/mol. The quantitative estimate of drug-likeness (QED) is 0.746. The summed E-state index contributed by atoms with van der Waals surface area (Å²) < 4.78 is 1.65. The number of amides is 1. The van der Waals surface area contributed by atoms with Crippen LogP contribution in [0.1, 0.15) is 19.3 Å². The highest BCUT2D eigenvalue weighted by Gasteiger charge is 2.22. The molecule has 22 heavy (non-hydrogen) atoms. The number of fused-ring (bicyclic) bond motifs is 3. The van der Waals surface area contributed by atoms with E-state index in [0.29, 0.717) is 5.95 Å². The molecule has 0 bridgehead atoms. The molecule has 1 saturated heterocycles. The zero-order valence-electron chi connectivity index (χ0n) is 12.0. The van der Waals surface area contributed by atoms with Gasteiger partial charge in [0.25, 0.3) is 0 Å². The van der Waals surface area contributed by atoms with Crippen LogP contribution in [0.3, 0.4) is 0 Å². The van der Waals surface area contributed by atoms with Gasteiger partial charge in [0, 0.05) is 11.9 Å². The molecule has 0 aliphatic carbocycles. The first kappa shape index (κ1) is 13.0. The van der Waals surface area contributed by atoms with Crippen LogP contribution < -0.4 is 10.6 Å². The summed E-state index contributed by atoms with van der Waals surface area (Å²) in [6.07, 6.45) is 4.30. The summed E-state index contributed by atoms with van der Waals surface area (Å²) in [6.45, 7) is 0.737. The Labute approximate surface area is 126 Å². The van der Waals surface area contributed by atoms with Crippen LogP contribution in [0.5, 0.6) is 0 Å². The normalized spacial score (nSPS) is 19.1. The van der Waals surface area contributed by atoms with Gasteiger partial charge in [-0.1, -0.05) is 12.1 Å². The lowest BCUT2D eigenvalue weighted by Gasteiger charge is -2.16. The number of carbonyl (C=O) groups excluding carboxylic acids is 1. The Kier molecular flexibility index (Phi) is 3.10. The zero-order valence-corrected chi connectivity index (χ0v) is 12.0. The van der Waals surface area contributed by atoms with Crippen molar-refractivity contribution < 1.29 is 4.79 Å². The Morgan fingerprint density at radius 2 is 2.18 bits per heavy atom. The molecule has 1 aliphatic heterocycles. The van der Waals surface area contributed by atoms with E-state index in [2.05, 4.69) is 25.7 Å². The van der Waals surface area contributed by atoms with Gasteiger partial charge < -0.3 is 10.6 Å². The molecule has 7 heteroatoms. The predicted octanol–water partition coefficient (Wildman–Crippen LogP) is 1.36. The molecule has 3 aromatic rings. The Bertz CT molecular complexity index is 842. The highest BCUT2D eigenvalue weighted by atomic mass is 16.2. The van der Waals surface area contributed by atoms with Gasteiger partial charge in [-0.3, -0.25) is 4.79 Å². The van der Waals surface area contributed by atoms with E-state index < -0.39 is 0 Å². The maximum absolute atomic E-state index is 12.1. The van der Waals surface area contributed by atoms with Gasteiger partial charge in [0.15, 0.2) is 5.65 Å². The van der Waals surface area contributed by atoms with E-state index in [9.17, 15) is 4.79 Å². The van der Waals surface area contributed by atoms with Crippen LogP contribution in [0.4, 0.5) is 5.95 Å². The van der Waals surface area contributed by atoms with Gasteiger partial charge >= 0.3 is 0 Å². The van der Waals surface area contributed by atoms with Crippen LogP contribution in [0, 0.1) is 0 Å². The van der Waals surface area contributed by atoms with E-state index >= 15 is 0 Å². The van der Waals surface area contributed by atoms with Crippen molar-refractivity contribution in [2.45, 2.75) is 25.3 Å². The van der Waals surface area contributed by atoms with Crippen molar-refractivity contribution in [3.63, 3.8) is 0 Å². The molecule has 3 heterocycles. The molecule has 112 valence electrons. The van der Waals surface area contributed by atoms with Crippen molar-refractivity contribution in [1.29, 1.82) is 0 Å². The number of hydrogen-bond donors (Lipinski definition) is 2. The summed E-state index contributed by atoms with van der Waals surface area (Å²) in [5.74, 6) is 0.564. The second-order valence-electron chi connectivity index (χ2n) is 5.43. The molecule has 1 atom stereocenters. The maximum Gasteiger partial charge on any atom is 0.242 e. The summed E-state index contributed by atoms with van der Waals surface area (Å²) in [4.78, 5) is 21.0. The lowest BCUT2D eigenvalue weighted by atomic mass is 10.1. The minimum atomic E-state index is -0.288. The average molecular weight is 296 g/mol. The Hall–Kier alpha value is -2.70. The Morgan fingerprint density at radius 3 is 3.14 bits per heavy atom. The number of anilines is 1. The molecule has 0 saturated carbocycles. The third-order valence-electron chi connectivity index (χ3n) is 3.96. The van der Waals surface area contributed by atoms with Crippen molar-refractivity contribution in [1.82, 2.24) is 24.9 Å². The van der Waals surface area contributed by atoms with E-state index in [1.807, 2.05) is 24.3 Å². The molecule has 1 fully saturated rings. The van der Waals surface area contributed by atoms with Crippen molar-refractivity contribution in [2.24, 2.45) is 0 Å². The lowest BCUT2D eigenvalue weighted by molar-refractivity contribution is -0.121. The smallest absolute Gasteiger partial charge is 0.242 e. The van der Waals surface area contributed by atoms with E-state index in [-0.39, 0.29) is 11.9 Å². The molecule has 4 rings (SSSR count). The van der Waals surface area contributed by atoms with Crippen molar-refractivity contribution in [3.05, 3.63) is 30.6 Å². The molecule has 0 spiro atoms. The molecule has 1 aliphatic rings. The fraction of sp³-hybridized carbons (Fsp3) is 0.333. The van der Waals surface area contributed by atoms with Crippen LogP contribution in [-0.2, 0) is 4.79 Å². The van der Waals surface area contributed by atoms with Crippen LogP contribution in [0.15, 0.2) is 30.6 Å². The number of carbonyl (C=O) groups is 1. The molecule has 7 nitrogen and oxygen atoms in total. The number of nitrogens with one attached hydrogen (secondary N) is 2. The van der Waals surface area contributed by atoms with Gasteiger partial charge in [-0.05, 0) is 31.4 Å². The fourth-order valence-corrected chi connectivity index (χ4v) is 2.83. The highest BCUT2D eigenvalue weighted by Crippen LogP contribution is 2.20. The monoisotopic (exact) mass is 296 g/mol. The van der Waals surface area contributed by atoms with Crippen LogP contribution in [0.2, 0.25) is 0 Å². The third kappa shape index (κ3) is 2.14. The lowest BCUT2D eigenvalue weighted by Crippen LogP contribution is -2.38. The van der Waals surface area contributed by atoms with Crippen molar-refractivity contribution in [3.8, 4) is 0 Å². The predicted molar refractivity (Wildman–Crippen MR) is 82.6 cm³/mol. The van der Waals surface area contributed by atoms with Crippen LogP contribution in [0.25, 0.3) is 16.6 Å². The summed E-state index contributed by atoms with van der Waals surface area (Å²) in [5, 5.41) is 11.3. The Balaban J connectivity index is 1.79. The minimum Gasteiger partial charge on any atom is -0.354 e. The average Bonchev–Trinajstić information content (AvgIpc) is 2.95. The third-order valence-corrected chi connectivity index (χ3v) is 3.96. The number of benzene rings is 1. The highest BCUT2D eigenvalue weighted by molar-refractivity contribution is 5.92. The standard InChI is InChI=1S/C15H16N6O/c22-14-12(7-3-4-8-16-14)20-15-19-11-6-2-1-5-10(11)13-17-9-18-21(13)15/h1-2,5-6,9,12H,3-4,7-8H2,(H,16,22)(H,19,20)/t12-/m0/s1. The van der Waals surface area contributed by atoms with Gasteiger partial charge in [0.05, 0.1) is 5.52 Å². The molecule has 1 aromatic carbocycles. The van der Waals surface area contributed by atoms with E-state index in [1.165, 1.54) is 6.33 Å². The van der Waals surface area contributed by atoms with E-state index in [0.717, 1.165) is 42.4 Å². The second kappa shape index (κ2) is 5.25. The summed E-state index contributed by atoms with van der Waals surface area (Å²) in [7, 11) is 0. The number of nitrogens with zero attached hydrogens (tertiary/aromatic N) is 4. The van der Waals surface area contributed by atoms with Gasteiger partial charge in [0.1, 0.15) is 12.4 Å². The van der Waals surface area contributed by atoms with Crippen LogP contribution in [-0.4, -0.2) is 38.1 Å². The molecule has 0 unspecified atom stereocenters. The largest absolute Gasteiger partial charge is 0.354 e. The van der Waals surface area contributed by atoms with Crippen molar-refractivity contribution >= 4 is 28.4 Å². The van der Waals surface area contributed by atoms with Gasteiger partial charge in [0.2, 0.25) is 11.9 Å². The zero-order chi connectivity index (χ0) is 14.9. The number of aromatic nitrogens is 4. The maximum atomic E-state index is 12.1. The molecule has 0 radical (unpaired) electrons. The topological polar surface area (TPSA) is 84.2 Å². The Morgan fingerprint density at radius 1 is 1.27 bits per heavy atom. The summed E-state index contributed by atoms with van der Waals surface area (Å²) in [6, 6.07) is 7.50. The van der Waals surface area contributed by atoms with E-state index in [4.69, 9.17) is 0 Å². The van der Waals surface area contributed by atoms with Gasteiger partial charge in [-0.15, -0.1) is 0 Å². The fourth-order valence-electron chi connectivity index (χ4n) is 2.83. The van der Waals surface area contributed by atoms with Gasteiger partial charge in [-0.2, -0.15) is 9.61 Å². The van der Waals surface area contributed by atoms with E-state index in [1.54, 1.807) is 4.52 Å². The number of rotatable bonds is 2. The molecule has 2 aromatic heterocycles.